The van der Waals surface area contributed by atoms with Crippen LogP contribution in [0.2, 0.25) is 0 Å². The predicted molar refractivity (Wildman–Crippen MR) is 92.3 cm³/mol. The zero-order chi connectivity index (χ0) is 14.9. The maximum absolute atomic E-state index is 10.2. The molecule has 112 valence electrons. The Bertz CT molecular complexity index is 757. The molecule has 0 aliphatic carbocycles. The first-order chi connectivity index (χ1) is 10.8. The van der Waals surface area contributed by atoms with E-state index in [4.69, 9.17) is 0 Å². The Balaban J connectivity index is 1.65. The van der Waals surface area contributed by atoms with Gasteiger partial charge in [0.2, 0.25) is 5.88 Å². The number of rotatable bonds is 2. The molecular weight excluding hydrogens is 294 g/mol. The highest BCUT2D eigenvalue weighted by atomic mass is 32.1. The van der Waals surface area contributed by atoms with Crippen molar-refractivity contribution in [1.82, 2.24) is 4.98 Å². The number of aliphatic imine (C=N–C) groups is 1. The van der Waals surface area contributed by atoms with Crippen LogP contribution in [-0.4, -0.2) is 29.4 Å². The van der Waals surface area contributed by atoms with Gasteiger partial charge in [0.1, 0.15) is 0 Å². The molecule has 1 saturated heterocycles. The molecule has 0 atom stereocenters. The van der Waals surface area contributed by atoms with E-state index >= 15 is 0 Å². The first kappa shape index (κ1) is 13.5. The number of allylic oxidation sites excluding steroid dienone is 1. The first-order valence-electron chi connectivity index (χ1n) is 7.61. The van der Waals surface area contributed by atoms with Gasteiger partial charge in [-0.15, -0.1) is 0 Å². The molecule has 2 aromatic rings. The van der Waals surface area contributed by atoms with Crippen LogP contribution in [-0.2, 0) is 0 Å². The minimum absolute atomic E-state index is 0.121. The lowest BCUT2D eigenvalue weighted by Gasteiger charge is -2.25. The molecule has 4 nitrogen and oxygen atoms in total. The Morgan fingerprint density at radius 3 is 2.82 bits per heavy atom. The highest BCUT2D eigenvalue weighted by Crippen LogP contribution is 2.37. The van der Waals surface area contributed by atoms with Gasteiger partial charge in [-0.25, -0.2) is 0 Å². The van der Waals surface area contributed by atoms with E-state index in [1.807, 2.05) is 30.5 Å². The first-order valence-corrected chi connectivity index (χ1v) is 8.43. The summed E-state index contributed by atoms with van der Waals surface area (Å²) in [5.41, 5.74) is 3.11. The molecular formula is C17H17N3OS. The minimum Gasteiger partial charge on any atom is -0.492 e. The Morgan fingerprint density at radius 2 is 1.95 bits per heavy atom. The second-order valence-corrected chi connectivity index (χ2v) is 6.62. The minimum atomic E-state index is 0.121. The largest absolute Gasteiger partial charge is 0.492 e. The van der Waals surface area contributed by atoms with Crippen molar-refractivity contribution < 1.29 is 5.11 Å². The van der Waals surface area contributed by atoms with E-state index in [2.05, 4.69) is 20.9 Å². The quantitative estimate of drug-likeness (QED) is 0.908. The van der Waals surface area contributed by atoms with Crippen LogP contribution >= 0.6 is 11.3 Å². The van der Waals surface area contributed by atoms with Gasteiger partial charge in [-0.1, -0.05) is 29.5 Å². The second kappa shape index (κ2) is 5.57. The molecule has 1 aromatic heterocycles. The molecule has 2 aliphatic rings. The van der Waals surface area contributed by atoms with Crippen molar-refractivity contribution in [2.24, 2.45) is 4.99 Å². The summed E-state index contributed by atoms with van der Waals surface area (Å²) in [6.45, 7) is 2.07. The number of piperidine rings is 1. The van der Waals surface area contributed by atoms with Gasteiger partial charge in [-0.05, 0) is 31.4 Å². The summed E-state index contributed by atoms with van der Waals surface area (Å²) in [5, 5.41) is 11.1. The number of para-hydroxylation sites is 1. The van der Waals surface area contributed by atoms with Crippen molar-refractivity contribution in [1.29, 1.82) is 0 Å². The lowest BCUT2D eigenvalue weighted by molar-refractivity contribution is 0.455. The molecule has 0 amide bonds. The van der Waals surface area contributed by atoms with Crippen molar-refractivity contribution in [2.75, 3.05) is 18.0 Å². The summed E-state index contributed by atoms with van der Waals surface area (Å²) in [6.07, 6.45) is 7.53. The summed E-state index contributed by atoms with van der Waals surface area (Å²) in [6, 6.07) is 8.04. The summed E-state index contributed by atoms with van der Waals surface area (Å²) >= 11 is 1.55. The molecule has 1 aromatic carbocycles. The lowest BCUT2D eigenvalue weighted by atomic mass is 10.1. The molecule has 0 unspecified atom stereocenters. The second-order valence-electron chi connectivity index (χ2n) is 5.61. The van der Waals surface area contributed by atoms with Crippen LogP contribution in [0.25, 0.3) is 11.6 Å². The molecule has 0 saturated carbocycles. The van der Waals surface area contributed by atoms with Gasteiger partial charge in [0.05, 0.1) is 10.6 Å². The topological polar surface area (TPSA) is 48.7 Å². The van der Waals surface area contributed by atoms with E-state index in [0.717, 1.165) is 39.9 Å². The van der Waals surface area contributed by atoms with Crippen LogP contribution in [0.3, 0.4) is 0 Å². The Labute approximate surface area is 133 Å². The third-order valence-electron chi connectivity index (χ3n) is 4.09. The van der Waals surface area contributed by atoms with Crippen molar-refractivity contribution >= 4 is 40.0 Å². The lowest BCUT2D eigenvalue weighted by Crippen LogP contribution is -2.29. The molecule has 0 bridgehead atoms. The van der Waals surface area contributed by atoms with Crippen LogP contribution in [0, 0.1) is 0 Å². The molecule has 2 aliphatic heterocycles. The number of hydrogen-bond acceptors (Lipinski definition) is 5. The van der Waals surface area contributed by atoms with E-state index in [1.54, 1.807) is 11.3 Å². The number of aromatic nitrogens is 1. The molecule has 0 radical (unpaired) electrons. The summed E-state index contributed by atoms with van der Waals surface area (Å²) in [5.74, 6) is 0.121. The molecule has 1 fully saturated rings. The van der Waals surface area contributed by atoms with E-state index in [-0.39, 0.29) is 5.88 Å². The van der Waals surface area contributed by atoms with Gasteiger partial charge >= 0.3 is 0 Å². The number of aromatic hydroxyl groups is 1. The van der Waals surface area contributed by atoms with Gasteiger partial charge < -0.3 is 10.0 Å². The van der Waals surface area contributed by atoms with Crippen molar-refractivity contribution in [3.8, 4) is 5.88 Å². The van der Waals surface area contributed by atoms with Gasteiger partial charge in [-0.2, -0.15) is 4.98 Å². The zero-order valence-electron chi connectivity index (χ0n) is 12.2. The SMILES string of the molecule is Oc1nc(N2CCCCC2)sc1C=C1C=Nc2ccccc21. The van der Waals surface area contributed by atoms with Gasteiger partial charge in [-0.3, -0.25) is 4.99 Å². The Kier molecular flexibility index (Phi) is 3.42. The van der Waals surface area contributed by atoms with Crippen molar-refractivity contribution in [3.05, 3.63) is 34.7 Å². The number of benzene rings is 1. The third-order valence-corrected chi connectivity index (χ3v) is 5.15. The molecule has 4 rings (SSSR count). The normalized spacial score (nSPS) is 18.9. The molecule has 1 N–H and O–H groups in total. The van der Waals surface area contributed by atoms with Crippen LogP contribution < -0.4 is 4.90 Å². The fourth-order valence-electron chi connectivity index (χ4n) is 2.92. The molecule has 0 spiro atoms. The maximum atomic E-state index is 10.2. The van der Waals surface area contributed by atoms with E-state index in [9.17, 15) is 5.11 Å². The highest BCUT2D eigenvalue weighted by molar-refractivity contribution is 7.16. The highest BCUT2D eigenvalue weighted by Gasteiger charge is 2.18. The smallest absolute Gasteiger partial charge is 0.231 e. The number of hydrogen-bond donors (Lipinski definition) is 1. The van der Waals surface area contributed by atoms with Crippen molar-refractivity contribution in [3.63, 3.8) is 0 Å². The Hall–Kier alpha value is -2.14. The van der Waals surface area contributed by atoms with E-state index in [1.165, 1.54) is 19.3 Å². The summed E-state index contributed by atoms with van der Waals surface area (Å²) in [7, 11) is 0. The van der Waals surface area contributed by atoms with Crippen molar-refractivity contribution in [2.45, 2.75) is 19.3 Å². The van der Waals surface area contributed by atoms with E-state index in [0.29, 0.717) is 0 Å². The molecule has 5 heteroatoms. The number of nitrogens with zero attached hydrogens (tertiary/aromatic N) is 3. The average molecular weight is 311 g/mol. The van der Waals surface area contributed by atoms with E-state index < -0.39 is 0 Å². The number of anilines is 1. The fraction of sp³-hybridized carbons (Fsp3) is 0.294. The third kappa shape index (κ3) is 2.41. The van der Waals surface area contributed by atoms with Crippen LogP contribution in [0.4, 0.5) is 10.8 Å². The maximum Gasteiger partial charge on any atom is 0.231 e. The van der Waals surface area contributed by atoms with Crippen LogP contribution in [0.5, 0.6) is 5.88 Å². The molecule has 22 heavy (non-hydrogen) atoms. The molecule has 3 heterocycles. The number of thiazole rings is 1. The monoisotopic (exact) mass is 311 g/mol. The van der Waals surface area contributed by atoms with Crippen LogP contribution in [0.1, 0.15) is 29.7 Å². The summed E-state index contributed by atoms with van der Waals surface area (Å²) in [4.78, 5) is 11.8. The summed E-state index contributed by atoms with van der Waals surface area (Å²) < 4.78 is 0. The van der Waals surface area contributed by atoms with Gasteiger partial charge in [0.25, 0.3) is 0 Å². The van der Waals surface area contributed by atoms with Gasteiger partial charge in [0.15, 0.2) is 5.13 Å². The predicted octanol–water partition coefficient (Wildman–Crippen LogP) is 4.10. The fourth-order valence-corrected chi connectivity index (χ4v) is 3.89. The Morgan fingerprint density at radius 1 is 1.14 bits per heavy atom. The zero-order valence-corrected chi connectivity index (χ0v) is 13.0. The standard InChI is InChI=1S/C17H17N3OS/c21-16-15(22-17(19-16)20-8-4-1-5-9-20)10-12-11-18-14-7-3-2-6-13(12)14/h2-3,6-7,10-11,21H,1,4-5,8-9H2. The number of fused-ring (bicyclic) bond motifs is 1. The van der Waals surface area contributed by atoms with Gasteiger partial charge in [0, 0.05) is 30.4 Å². The van der Waals surface area contributed by atoms with Crippen LogP contribution in [0.15, 0.2) is 29.3 Å². The average Bonchev–Trinajstić information content (AvgIpc) is 3.13.